The lowest BCUT2D eigenvalue weighted by Gasteiger charge is -2.22. The van der Waals surface area contributed by atoms with Crippen LogP contribution in [-0.4, -0.2) is 7.05 Å². The molecule has 2 atom stereocenters. The number of para-hydroxylation sites is 1. The van der Waals surface area contributed by atoms with Crippen LogP contribution in [0.5, 0.6) is 0 Å². The first kappa shape index (κ1) is 12.9. The van der Waals surface area contributed by atoms with E-state index in [9.17, 15) is 0 Å². The Kier molecular flexibility index (Phi) is 3.57. The van der Waals surface area contributed by atoms with Gasteiger partial charge in [0.05, 0.1) is 6.04 Å². The Balaban J connectivity index is 1.97. The maximum atomic E-state index is 6.00. The number of hydrogen-bond acceptors (Lipinski definition) is 2. The Bertz CT molecular complexity index is 654. The van der Waals surface area contributed by atoms with Gasteiger partial charge in [-0.3, -0.25) is 0 Å². The Morgan fingerprint density at radius 2 is 1.65 bits per heavy atom. The van der Waals surface area contributed by atoms with E-state index in [4.69, 9.17) is 4.42 Å². The average molecular weight is 265 g/mol. The quantitative estimate of drug-likeness (QED) is 0.751. The predicted molar refractivity (Wildman–Crippen MR) is 82.9 cm³/mol. The van der Waals surface area contributed by atoms with Crippen molar-refractivity contribution in [3.8, 4) is 0 Å². The molecule has 1 heterocycles. The molecule has 0 fully saturated rings. The van der Waals surface area contributed by atoms with Gasteiger partial charge in [-0.15, -0.1) is 0 Å². The smallest absolute Gasteiger partial charge is 0.134 e. The summed E-state index contributed by atoms with van der Waals surface area (Å²) < 4.78 is 6.00. The van der Waals surface area contributed by atoms with Crippen molar-refractivity contribution in [1.82, 2.24) is 5.32 Å². The van der Waals surface area contributed by atoms with Crippen molar-refractivity contribution >= 4 is 11.0 Å². The van der Waals surface area contributed by atoms with Crippen molar-refractivity contribution < 1.29 is 4.42 Å². The van der Waals surface area contributed by atoms with Crippen LogP contribution in [0.1, 0.15) is 30.2 Å². The van der Waals surface area contributed by atoms with Crippen molar-refractivity contribution in [3.05, 3.63) is 72.0 Å². The summed E-state index contributed by atoms with van der Waals surface area (Å²) in [4.78, 5) is 0. The van der Waals surface area contributed by atoms with Gasteiger partial charge in [-0.25, -0.2) is 0 Å². The molecule has 3 rings (SSSR count). The van der Waals surface area contributed by atoms with E-state index < -0.39 is 0 Å². The van der Waals surface area contributed by atoms with Crippen LogP contribution in [0.15, 0.2) is 65.1 Å². The maximum Gasteiger partial charge on any atom is 0.134 e. The molecule has 0 aliphatic carbocycles. The highest BCUT2D eigenvalue weighted by Crippen LogP contribution is 2.33. The Hall–Kier alpha value is -2.06. The molecule has 2 nitrogen and oxygen atoms in total. The fraction of sp³-hybridized carbons (Fsp3) is 0.222. The second kappa shape index (κ2) is 5.51. The van der Waals surface area contributed by atoms with Gasteiger partial charge in [0.15, 0.2) is 0 Å². The topological polar surface area (TPSA) is 25.2 Å². The van der Waals surface area contributed by atoms with Crippen molar-refractivity contribution in [3.63, 3.8) is 0 Å². The fourth-order valence-electron chi connectivity index (χ4n) is 2.74. The van der Waals surface area contributed by atoms with Gasteiger partial charge < -0.3 is 9.73 Å². The van der Waals surface area contributed by atoms with E-state index in [1.165, 1.54) is 5.56 Å². The van der Waals surface area contributed by atoms with E-state index >= 15 is 0 Å². The molecular weight excluding hydrogens is 246 g/mol. The SMILES string of the molecule is CNC(c1cc2ccccc2o1)C(C)c1ccccc1. The largest absolute Gasteiger partial charge is 0.459 e. The van der Waals surface area contributed by atoms with Gasteiger partial charge >= 0.3 is 0 Å². The first-order valence-corrected chi connectivity index (χ1v) is 7.00. The normalized spacial score (nSPS) is 14.3. The fourth-order valence-corrected chi connectivity index (χ4v) is 2.74. The van der Waals surface area contributed by atoms with Crippen molar-refractivity contribution in [2.24, 2.45) is 0 Å². The molecule has 0 radical (unpaired) electrons. The molecule has 0 saturated carbocycles. The zero-order chi connectivity index (χ0) is 13.9. The van der Waals surface area contributed by atoms with Gasteiger partial charge in [0, 0.05) is 11.3 Å². The monoisotopic (exact) mass is 265 g/mol. The van der Waals surface area contributed by atoms with Gasteiger partial charge in [-0.1, -0.05) is 55.5 Å². The molecule has 0 aliphatic heterocycles. The number of rotatable bonds is 4. The minimum absolute atomic E-state index is 0.171. The highest BCUT2D eigenvalue weighted by molar-refractivity contribution is 5.77. The Labute approximate surface area is 119 Å². The lowest BCUT2D eigenvalue weighted by Crippen LogP contribution is -2.21. The first-order chi connectivity index (χ1) is 9.79. The van der Waals surface area contributed by atoms with E-state index in [1.807, 2.05) is 31.3 Å². The lowest BCUT2D eigenvalue weighted by atomic mass is 9.92. The highest BCUT2D eigenvalue weighted by Gasteiger charge is 2.22. The average Bonchev–Trinajstić information content (AvgIpc) is 2.92. The Morgan fingerprint density at radius 1 is 0.950 bits per heavy atom. The number of furan rings is 1. The molecule has 102 valence electrons. The van der Waals surface area contributed by atoms with Gasteiger partial charge in [0.1, 0.15) is 11.3 Å². The van der Waals surface area contributed by atoms with Crippen LogP contribution in [-0.2, 0) is 0 Å². The number of nitrogens with one attached hydrogen (secondary N) is 1. The summed E-state index contributed by atoms with van der Waals surface area (Å²) in [6.45, 7) is 2.23. The van der Waals surface area contributed by atoms with Crippen LogP contribution in [0.4, 0.5) is 0 Å². The molecule has 1 N–H and O–H groups in total. The molecular formula is C18H19NO. The molecule has 20 heavy (non-hydrogen) atoms. The third-order valence-corrected chi connectivity index (χ3v) is 3.89. The summed E-state index contributed by atoms with van der Waals surface area (Å²) in [6, 6.07) is 21.0. The molecule has 2 heteroatoms. The van der Waals surface area contributed by atoms with Gasteiger partial charge in [0.25, 0.3) is 0 Å². The third-order valence-electron chi connectivity index (χ3n) is 3.89. The van der Waals surface area contributed by atoms with E-state index in [-0.39, 0.29) is 6.04 Å². The standard InChI is InChI=1S/C18H19NO/c1-13(14-8-4-3-5-9-14)18(19-2)17-12-15-10-6-7-11-16(15)20-17/h3-13,18-19H,1-2H3. The van der Waals surface area contributed by atoms with Crippen LogP contribution in [0.3, 0.4) is 0 Å². The molecule has 3 aromatic rings. The molecule has 2 aromatic carbocycles. The van der Waals surface area contributed by atoms with E-state index in [0.717, 1.165) is 16.7 Å². The van der Waals surface area contributed by atoms with E-state index in [2.05, 4.69) is 48.6 Å². The molecule has 2 unspecified atom stereocenters. The summed E-state index contributed by atoms with van der Waals surface area (Å²) in [6.07, 6.45) is 0. The van der Waals surface area contributed by atoms with Crippen molar-refractivity contribution in [2.45, 2.75) is 18.9 Å². The molecule has 0 amide bonds. The molecule has 1 aromatic heterocycles. The van der Waals surface area contributed by atoms with E-state index in [0.29, 0.717) is 5.92 Å². The highest BCUT2D eigenvalue weighted by atomic mass is 16.3. The van der Waals surface area contributed by atoms with Crippen LogP contribution >= 0.6 is 0 Å². The predicted octanol–water partition coefficient (Wildman–Crippen LogP) is 4.50. The van der Waals surface area contributed by atoms with Gasteiger partial charge in [-0.2, -0.15) is 0 Å². The van der Waals surface area contributed by atoms with E-state index in [1.54, 1.807) is 0 Å². The van der Waals surface area contributed by atoms with Crippen LogP contribution in [0.2, 0.25) is 0 Å². The summed E-state index contributed by atoms with van der Waals surface area (Å²) in [5, 5.41) is 4.54. The van der Waals surface area contributed by atoms with Crippen LogP contribution in [0, 0.1) is 0 Å². The maximum absolute atomic E-state index is 6.00. The summed E-state index contributed by atoms with van der Waals surface area (Å²) in [7, 11) is 1.98. The second-order valence-electron chi connectivity index (χ2n) is 5.15. The lowest BCUT2D eigenvalue weighted by molar-refractivity contribution is 0.410. The van der Waals surface area contributed by atoms with Gasteiger partial charge in [-0.05, 0) is 24.7 Å². The molecule has 0 spiro atoms. The minimum Gasteiger partial charge on any atom is -0.459 e. The molecule has 0 saturated heterocycles. The first-order valence-electron chi connectivity index (χ1n) is 7.00. The van der Waals surface area contributed by atoms with Crippen LogP contribution < -0.4 is 5.32 Å². The van der Waals surface area contributed by atoms with Crippen molar-refractivity contribution in [2.75, 3.05) is 7.05 Å². The summed E-state index contributed by atoms with van der Waals surface area (Å²) in [5.74, 6) is 1.34. The molecule has 0 bridgehead atoms. The van der Waals surface area contributed by atoms with Gasteiger partial charge in [0.2, 0.25) is 0 Å². The summed E-state index contributed by atoms with van der Waals surface area (Å²) in [5.41, 5.74) is 2.26. The van der Waals surface area contributed by atoms with Crippen molar-refractivity contribution in [1.29, 1.82) is 0 Å². The Morgan fingerprint density at radius 3 is 2.35 bits per heavy atom. The number of benzene rings is 2. The van der Waals surface area contributed by atoms with Crippen LogP contribution in [0.25, 0.3) is 11.0 Å². The number of fused-ring (bicyclic) bond motifs is 1. The zero-order valence-electron chi connectivity index (χ0n) is 11.8. The zero-order valence-corrected chi connectivity index (χ0v) is 11.8. The third kappa shape index (κ3) is 2.35. The number of hydrogen-bond donors (Lipinski definition) is 1. The number of likely N-dealkylation sites (N-methyl/N-ethyl adjacent to an activating group) is 1. The summed E-state index contributed by atoms with van der Waals surface area (Å²) >= 11 is 0. The minimum atomic E-state index is 0.171. The molecule has 0 aliphatic rings. The second-order valence-corrected chi connectivity index (χ2v) is 5.15.